The lowest BCUT2D eigenvalue weighted by atomic mass is 10.3. The van der Waals surface area contributed by atoms with Crippen molar-refractivity contribution in [1.29, 1.82) is 0 Å². The Balaban J connectivity index is 2.74. The Bertz CT molecular complexity index is 363. The summed E-state index contributed by atoms with van der Waals surface area (Å²) in [5, 5.41) is 0.591. The molecule has 0 aliphatic carbocycles. The van der Waals surface area contributed by atoms with Crippen molar-refractivity contribution in [3.63, 3.8) is 0 Å². The summed E-state index contributed by atoms with van der Waals surface area (Å²) in [6.45, 7) is 5.60. The van der Waals surface area contributed by atoms with Crippen LogP contribution in [-0.2, 0) is 11.4 Å². The van der Waals surface area contributed by atoms with Gasteiger partial charge in [0.05, 0.1) is 5.69 Å². The molecule has 0 unspecified atom stereocenters. The van der Waals surface area contributed by atoms with Gasteiger partial charge in [0.25, 0.3) is 0 Å². The zero-order valence-corrected chi connectivity index (χ0v) is 10.5. The topological polar surface area (TPSA) is 48.3 Å². The van der Waals surface area contributed by atoms with Crippen molar-refractivity contribution in [3.8, 4) is 0 Å². The maximum absolute atomic E-state index is 11.6. The second-order valence-corrected chi connectivity index (χ2v) is 6.37. The van der Waals surface area contributed by atoms with E-state index in [-0.39, 0.29) is 4.75 Å². The number of halogens is 1. The van der Waals surface area contributed by atoms with Crippen LogP contribution in [-0.4, -0.2) is 20.5 Å². The Hall–Kier alpha value is -0.580. The van der Waals surface area contributed by atoms with Crippen LogP contribution in [0.15, 0.2) is 22.7 Å². The average molecular weight is 245 g/mol. The fourth-order valence-corrected chi connectivity index (χ4v) is 1.44. The van der Waals surface area contributed by atoms with Gasteiger partial charge in [-0.25, -0.2) is 0 Å². The van der Waals surface area contributed by atoms with Gasteiger partial charge < -0.3 is 4.55 Å². The minimum absolute atomic E-state index is 0.352. The number of hydrogen-bond donors (Lipinski definition) is 0. The molecule has 15 heavy (non-hydrogen) atoms. The summed E-state index contributed by atoms with van der Waals surface area (Å²) in [6.07, 6.45) is 3.07. The normalized spacial score (nSPS) is 14.5. The van der Waals surface area contributed by atoms with Crippen molar-refractivity contribution in [2.45, 2.75) is 25.5 Å². The Morgan fingerprint density at radius 3 is 2.73 bits per heavy atom. The van der Waals surface area contributed by atoms with E-state index in [1.807, 2.05) is 20.8 Å². The van der Waals surface area contributed by atoms with E-state index in [9.17, 15) is 4.55 Å². The molecule has 0 spiro atoms. The standard InChI is InChI=1S/C10H13ClN2OS/c1-10(2,3)15(14)13-7-9-6-8(11)4-5-12-9/h4-7H,1-3H3/b13-7+/t15-/m0/s1. The molecule has 0 radical (unpaired) electrons. The van der Waals surface area contributed by atoms with Gasteiger partial charge >= 0.3 is 0 Å². The number of aromatic nitrogens is 1. The van der Waals surface area contributed by atoms with Crippen LogP contribution in [0.4, 0.5) is 0 Å². The smallest absolute Gasteiger partial charge is 0.144 e. The summed E-state index contributed by atoms with van der Waals surface area (Å²) < 4.78 is 15.2. The van der Waals surface area contributed by atoms with Crippen molar-refractivity contribution >= 4 is 29.2 Å². The molecule has 0 amide bonds. The van der Waals surface area contributed by atoms with E-state index in [0.29, 0.717) is 10.7 Å². The van der Waals surface area contributed by atoms with E-state index < -0.39 is 11.4 Å². The first kappa shape index (κ1) is 12.5. The van der Waals surface area contributed by atoms with Gasteiger partial charge in [0.2, 0.25) is 0 Å². The maximum Gasteiger partial charge on any atom is 0.144 e. The first-order valence-electron chi connectivity index (χ1n) is 4.47. The van der Waals surface area contributed by atoms with Gasteiger partial charge in [-0.15, -0.1) is 0 Å². The van der Waals surface area contributed by atoms with Gasteiger partial charge in [-0.3, -0.25) is 4.98 Å². The van der Waals surface area contributed by atoms with Crippen molar-refractivity contribution in [1.82, 2.24) is 4.98 Å². The minimum atomic E-state index is -1.26. The molecule has 1 aromatic rings. The largest absolute Gasteiger partial charge is 0.591 e. The van der Waals surface area contributed by atoms with Crippen LogP contribution in [0.5, 0.6) is 0 Å². The minimum Gasteiger partial charge on any atom is -0.591 e. The van der Waals surface area contributed by atoms with E-state index in [4.69, 9.17) is 11.6 Å². The van der Waals surface area contributed by atoms with E-state index in [2.05, 4.69) is 9.38 Å². The van der Waals surface area contributed by atoms with E-state index in [0.717, 1.165) is 0 Å². The lowest BCUT2D eigenvalue weighted by molar-refractivity contribution is 0.562. The monoisotopic (exact) mass is 244 g/mol. The van der Waals surface area contributed by atoms with Crippen LogP contribution in [0, 0.1) is 0 Å². The summed E-state index contributed by atoms with van der Waals surface area (Å²) in [5.74, 6) is 0. The zero-order valence-electron chi connectivity index (χ0n) is 8.90. The van der Waals surface area contributed by atoms with E-state index in [1.54, 1.807) is 18.3 Å². The van der Waals surface area contributed by atoms with Gasteiger partial charge in [0.1, 0.15) is 22.3 Å². The Morgan fingerprint density at radius 2 is 2.20 bits per heavy atom. The van der Waals surface area contributed by atoms with Crippen LogP contribution in [0.25, 0.3) is 0 Å². The molecule has 0 fully saturated rings. The van der Waals surface area contributed by atoms with Gasteiger partial charge in [-0.05, 0) is 32.9 Å². The molecule has 0 bridgehead atoms. The first-order chi connectivity index (χ1) is 6.89. The molecule has 0 aromatic carbocycles. The summed E-state index contributed by atoms with van der Waals surface area (Å²) in [4.78, 5) is 4.03. The average Bonchev–Trinajstić information content (AvgIpc) is 2.12. The van der Waals surface area contributed by atoms with Crippen LogP contribution in [0.1, 0.15) is 26.5 Å². The SMILES string of the molecule is CC(C)(C)[S@+]([O-])/N=C/c1cc(Cl)ccn1. The third-order valence-corrected chi connectivity index (χ3v) is 3.13. The lowest BCUT2D eigenvalue weighted by Gasteiger charge is -2.17. The predicted octanol–water partition coefficient (Wildman–Crippen LogP) is 2.62. The molecule has 3 nitrogen and oxygen atoms in total. The van der Waals surface area contributed by atoms with Crippen LogP contribution in [0.3, 0.4) is 0 Å². The molecule has 5 heteroatoms. The molecule has 0 saturated heterocycles. The fraction of sp³-hybridized carbons (Fsp3) is 0.400. The Morgan fingerprint density at radius 1 is 1.53 bits per heavy atom. The second kappa shape index (κ2) is 4.96. The molecular weight excluding hydrogens is 232 g/mol. The van der Waals surface area contributed by atoms with Crippen LogP contribution < -0.4 is 0 Å². The van der Waals surface area contributed by atoms with Crippen molar-refractivity contribution in [2.24, 2.45) is 4.40 Å². The molecule has 1 atom stereocenters. The fourth-order valence-electron chi connectivity index (χ4n) is 0.752. The lowest BCUT2D eigenvalue weighted by Crippen LogP contribution is -2.25. The predicted molar refractivity (Wildman–Crippen MR) is 64.7 cm³/mol. The zero-order chi connectivity index (χ0) is 11.5. The van der Waals surface area contributed by atoms with Gasteiger partial charge in [0.15, 0.2) is 0 Å². The van der Waals surface area contributed by atoms with Gasteiger partial charge in [-0.2, -0.15) is 0 Å². The summed E-state index contributed by atoms with van der Waals surface area (Å²) >= 11 is 4.51. The molecule has 82 valence electrons. The number of hydrogen-bond acceptors (Lipinski definition) is 3. The van der Waals surface area contributed by atoms with Crippen LogP contribution in [0.2, 0.25) is 5.02 Å². The quantitative estimate of drug-likeness (QED) is 0.593. The highest BCUT2D eigenvalue weighted by molar-refractivity contribution is 7.91. The van der Waals surface area contributed by atoms with Gasteiger partial charge in [0, 0.05) is 11.2 Å². The van der Waals surface area contributed by atoms with Crippen molar-refractivity contribution in [2.75, 3.05) is 0 Å². The van der Waals surface area contributed by atoms with Crippen molar-refractivity contribution < 1.29 is 4.55 Å². The number of pyridine rings is 1. The molecule has 0 saturated carbocycles. The molecule has 0 N–H and O–H groups in total. The van der Waals surface area contributed by atoms with E-state index >= 15 is 0 Å². The second-order valence-electron chi connectivity index (χ2n) is 3.99. The summed E-state index contributed by atoms with van der Waals surface area (Å²) in [7, 11) is 0. The highest BCUT2D eigenvalue weighted by Crippen LogP contribution is 2.16. The first-order valence-corrected chi connectivity index (χ1v) is 5.96. The maximum atomic E-state index is 11.6. The third-order valence-electron chi connectivity index (χ3n) is 1.55. The summed E-state index contributed by atoms with van der Waals surface area (Å²) in [5.41, 5.74) is 0.611. The molecule has 1 rings (SSSR count). The van der Waals surface area contributed by atoms with Crippen molar-refractivity contribution in [3.05, 3.63) is 29.0 Å². The third kappa shape index (κ3) is 4.20. The van der Waals surface area contributed by atoms with E-state index in [1.165, 1.54) is 6.21 Å². The van der Waals surface area contributed by atoms with Crippen LogP contribution >= 0.6 is 11.6 Å². The molecule has 0 aliphatic rings. The molecular formula is C10H13ClN2OS. The van der Waals surface area contributed by atoms with Gasteiger partial charge in [-0.1, -0.05) is 16.0 Å². The number of nitrogens with zero attached hydrogens (tertiary/aromatic N) is 2. The molecule has 1 aromatic heterocycles. The highest BCUT2D eigenvalue weighted by Gasteiger charge is 2.25. The summed E-state index contributed by atoms with van der Waals surface area (Å²) in [6, 6.07) is 3.35. The Labute approximate surface area is 97.9 Å². The molecule has 0 aliphatic heterocycles. The Kier molecular flexibility index (Phi) is 4.13. The highest BCUT2D eigenvalue weighted by atomic mass is 35.5. The number of rotatable bonds is 2. The molecule has 1 heterocycles.